The Labute approximate surface area is 346 Å². The van der Waals surface area contributed by atoms with Crippen LogP contribution in [0.15, 0.2) is 42.7 Å². The molecule has 8 bridgehead atoms. The number of nitrogens with one attached hydrogen (secondary N) is 4. The molecule has 9 nitrogen and oxygen atoms in total. The van der Waals surface area contributed by atoms with Crippen LogP contribution < -0.4 is 21.3 Å². The maximum absolute atomic E-state index is 17.4. The molecule has 0 fully saturated rings. The third kappa shape index (κ3) is 6.11. The summed E-state index contributed by atoms with van der Waals surface area (Å²) in [7, 11) is 0. The minimum Gasteiger partial charge on any atom is -0.325 e. The monoisotopic (exact) mass is 913 g/mol. The van der Waals surface area contributed by atoms with Crippen molar-refractivity contribution in [2.75, 3.05) is 11.9 Å². The van der Waals surface area contributed by atoms with Gasteiger partial charge >= 0.3 is 0 Å². The number of unbranched alkanes of at least 4 members (excludes halogenated alkanes) is 5. The van der Waals surface area contributed by atoms with Gasteiger partial charge in [-0.1, -0.05) is 39.0 Å². The van der Waals surface area contributed by atoms with Gasteiger partial charge in [-0.25, -0.2) is 90.8 Å². The van der Waals surface area contributed by atoms with Gasteiger partial charge in [0.25, 0.3) is 0 Å². The summed E-state index contributed by atoms with van der Waals surface area (Å²) in [5, 5.41) is 0.305. The van der Waals surface area contributed by atoms with Crippen molar-refractivity contribution in [1.29, 1.82) is 0 Å². The molecule has 9 rings (SSSR count). The van der Waals surface area contributed by atoms with E-state index in [0.29, 0.717) is 12.8 Å². The van der Waals surface area contributed by atoms with E-state index >= 15 is 39.5 Å². The van der Waals surface area contributed by atoms with E-state index in [0.717, 1.165) is 19.3 Å². The lowest BCUT2D eigenvalue weighted by Gasteiger charge is -2.28. The van der Waals surface area contributed by atoms with Crippen LogP contribution in [-0.2, 0) is 5.79 Å². The van der Waals surface area contributed by atoms with Gasteiger partial charge in [-0.3, -0.25) is 5.32 Å². The second-order valence-corrected chi connectivity index (χ2v) is 14.6. The normalized spacial score (nSPS) is 17.5. The van der Waals surface area contributed by atoms with Gasteiger partial charge in [0.2, 0.25) is 5.79 Å². The van der Waals surface area contributed by atoms with Gasteiger partial charge in [0, 0.05) is 5.56 Å². The smallest absolute Gasteiger partial charge is 0.246 e. The van der Waals surface area contributed by atoms with Crippen LogP contribution in [0.5, 0.6) is 0 Å². The van der Waals surface area contributed by atoms with Crippen molar-refractivity contribution in [2.24, 2.45) is 25.0 Å². The molecule has 3 aromatic carbocycles. The van der Waals surface area contributed by atoms with E-state index < -0.39 is 184 Å². The Morgan fingerprint density at radius 1 is 0.547 bits per heavy atom. The summed E-state index contributed by atoms with van der Waals surface area (Å²) in [6, 6.07) is 0.276. The number of hydrogen-bond donors (Lipinski definition) is 4. The predicted molar refractivity (Wildman–Crippen MR) is 199 cm³/mol. The van der Waals surface area contributed by atoms with Crippen molar-refractivity contribution in [3.05, 3.63) is 120 Å². The second-order valence-electron chi connectivity index (χ2n) is 14.6. The summed E-state index contributed by atoms with van der Waals surface area (Å²) >= 11 is 0. The summed E-state index contributed by atoms with van der Waals surface area (Å²) in [5.74, 6) is -43.9. The first kappa shape index (κ1) is 42.6. The molecule has 0 spiro atoms. The first-order valence-electron chi connectivity index (χ1n) is 19.0. The van der Waals surface area contributed by atoms with Crippen molar-refractivity contribution in [1.82, 2.24) is 15.3 Å². The summed E-state index contributed by atoms with van der Waals surface area (Å²) in [6.07, 6.45) is 3.73. The predicted octanol–water partition coefficient (Wildman–Crippen LogP) is 9.76. The average molecular weight is 914 g/mol. The molecule has 4 aliphatic rings. The Morgan fingerprint density at radius 3 is 1.75 bits per heavy atom. The topological polar surface area (TPSA) is 117 Å². The molecule has 332 valence electrons. The summed E-state index contributed by atoms with van der Waals surface area (Å²) in [5.41, 5.74) is -7.11. The fraction of sp³-hybridized carbons (Fsp3) is 0.225. The minimum atomic E-state index is -3.89. The molecule has 0 saturated heterocycles. The van der Waals surface area contributed by atoms with E-state index in [9.17, 15) is 26.3 Å². The van der Waals surface area contributed by atoms with E-state index in [1.807, 2.05) is 6.92 Å². The Balaban J connectivity index is 1.39. The highest BCUT2D eigenvalue weighted by Crippen LogP contribution is 2.44. The molecule has 0 saturated carbocycles. The fourth-order valence-electron chi connectivity index (χ4n) is 7.76. The third-order valence-electron chi connectivity index (χ3n) is 10.8. The zero-order valence-electron chi connectivity index (χ0n) is 31.9. The number of alkyl halides is 1. The molecule has 0 amide bonds. The number of rotatable bonds is 8. The number of allylic oxidation sites excluding steroid dienone is 1. The van der Waals surface area contributed by atoms with Crippen LogP contribution in [0.25, 0.3) is 16.6 Å². The lowest BCUT2D eigenvalue weighted by molar-refractivity contribution is 0.119. The largest absolute Gasteiger partial charge is 0.325 e. The standard InChI is InChI=1S/C40H22F15N9/c1-2-3-4-5-6-7-8-56-40(55)18-17(25(48)30(53)31(40)54)38-58-32-10-9-11(41)19(42)20(43)12(10)33(57-32)59-34-13-14(22(45)27(50)26(49)21(13)44)35(60-34)61-36-15-16(37(62-36)63-39(18)64-38)24(47)29(52)28(51)23(15)46/h9,56,60H,2-8H2,1H3,(H,61,62,63)(H,57,58,59,64). The van der Waals surface area contributed by atoms with Crippen LogP contribution in [0.4, 0.5) is 83.3 Å². The van der Waals surface area contributed by atoms with Gasteiger partial charge in [-0.2, -0.15) is 0 Å². The molecule has 64 heavy (non-hydrogen) atoms. The van der Waals surface area contributed by atoms with Crippen molar-refractivity contribution < 1.29 is 65.9 Å². The third-order valence-corrected chi connectivity index (χ3v) is 10.8. The average Bonchev–Trinajstić information content (AvgIpc) is 4.01. The number of aromatic nitrogens is 2. The number of fused-ring (bicyclic) bond motifs is 18. The van der Waals surface area contributed by atoms with E-state index in [1.54, 1.807) is 0 Å². The number of anilines is 1. The number of amidine groups is 4. The SMILES string of the molecule is CCCCCCCCNC1(F)C(F)=C(F)C(F)=c2c1c1[nH]c2=NC2=NC(=Nc3[nH]c(c4c(F)c(F)c(F)c(F)c34)N=C3N=C(N1)c1c(F)c(F)c(F)c(F)c13)c1c2cc(F)c(F)c1F. The number of aliphatic imine (C=N–C) groups is 4. The molecule has 4 N–H and O–H groups in total. The number of benzene rings is 3. The van der Waals surface area contributed by atoms with Crippen LogP contribution in [0.1, 0.15) is 73.3 Å². The zero-order valence-corrected chi connectivity index (χ0v) is 31.9. The molecule has 24 heteroatoms. The van der Waals surface area contributed by atoms with Crippen molar-refractivity contribution >= 4 is 57.4 Å². The highest BCUT2D eigenvalue weighted by molar-refractivity contribution is 6.27. The Kier molecular flexibility index (Phi) is 10.1. The number of aromatic amines is 2. The van der Waals surface area contributed by atoms with Gasteiger partial charge in [-0.15, -0.1) is 0 Å². The maximum atomic E-state index is 17.4. The van der Waals surface area contributed by atoms with Gasteiger partial charge < -0.3 is 15.3 Å². The van der Waals surface area contributed by atoms with Crippen molar-refractivity contribution in [2.45, 2.75) is 51.2 Å². The maximum Gasteiger partial charge on any atom is 0.246 e. The van der Waals surface area contributed by atoms with E-state index in [2.05, 4.69) is 45.6 Å². The number of nitrogens with zero attached hydrogens (tertiary/aromatic N) is 5. The molecule has 1 atom stereocenters. The number of hydrogen-bond acceptors (Lipinski definition) is 7. The second kappa shape index (κ2) is 15.2. The van der Waals surface area contributed by atoms with E-state index in [4.69, 9.17) is 0 Å². The van der Waals surface area contributed by atoms with Crippen LogP contribution in [-0.4, -0.2) is 39.9 Å². The Morgan fingerprint density at radius 2 is 1.11 bits per heavy atom. The van der Waals surface area contributed by atoms with Gasteiger partial charge in [0.05, 0.1) is 38.2 Å². The van der Waals surface area contributed by atoms with Gasteiger partial charge in [0.1, 0.15) is 28.8 Å². The summed E-state index contributed by atoms with van der Waals surface area (Å²) in [6.45, 7) is 1.52. The Hall–Kier alpha value is -6.72. The van der Waals surface area contributed by atoms with Gasteiger partial charge in [0.15, 0.2) is 99.0 Å². The lowest BCUT2D eigenvalue weighted by atomic mass is 9.96. The highest BCUT2D eigenvalue weighted by Gasteiger charge is 2.49. The van der Waals surface area contributed by atoms with Crippen LogP contribution in [0.2, 0.25) is 0 Å². The first-order valence-corrected chi connectivity index (χ1v) is 19.0. The first-order chi connectivity index (χ1) is 30.4. The van der Waals surface area contributed by atoms with Crippen LogP contribution in [0.3, 0.4) is 0 Å². The highest BCUT2D eigenvalue weighted by atomic mass is 19.2. The molecule has 5 heterocycles. The van der Waals surface area contributed by atoms with Crippen molar-refractivity contribution in [3.63, 3.8) is 0 Å². The quantitative estimate of drug-likeness (QED) is 0.0408. The van der Waals surface area contributed by atoms with Crippen LogP contribution in [0, 0.1) is 64.0 Å². The number of halogens is 15. The molecule has 2 aromatic heterocycles. The molecular formula is C40H22F15N9. The van der Waals surface area contributed by atoms with E-state index in [-0.39, 0.29) is 12.5 Å². The minimum absolute atomic E-state index is 0.130. The number of H-pyrrole nitrogens is 2. The molecule has 1 unspecified atom stereocenters. The van der Waals surface area contributed by atoms with Crippen molar-refractivity contribution in [3.8, 4) is 0 Å². The van der Waals surface area contributed by atoms with Crippen LogP contribution >= 0.6 is 0 Å². The zero-order chi connectivity index (χ0) is 45.8. The fourth-order valence-corrected chi connectivity index (χ4v) is 7.76. The Bertz CT molecular complexity index is 3240. The van der Waals surface area contributed by atoms with Gasteiger partial charge in [-0.05, 0) is 19.0 Å². The molecule has 0 radical (unpaired) electrons. The molecule has 5 aromatic rings. The van der Waals surface area contributed by atoms with E-state index in [1.165, 1.54) is 0 Å². The summed E-state index contributed by atoms with van der Waals surface area (Å²) < 4.78 is 232. The molecular weight excluding hydrogens is 891 g/mol. The molecule has 3 aliphatic heterocycles. The summed E-state index contributed by atoms with van der Waals surface area (Å²) in [4.78, 5) is 23.5. The molecule has 1 aliphatic carbocycles. The lowest BCUT2D eigenvalue weighted by Crippen LogP contribution is -2.47.